The summed E-state index contributed by atoms with van der Waals surface area (Å²) in [5.74, 6) is -0.214. The van der Waals surface area contributed by atoms with Crippen molar-refractivity contribution in [3.8, 4) is 0 Å². The number of esters is 1. The minimum absolute atomic E-state index is 0.162. The molecule has 1 aliphatic heterocycles. The zero-order valence-corrected chi connectivity index (χ0v) is 15.0. The normalized spacial score (nSPS) is 14.9. The van der Waals surface area contributed by atoms with Crippen molar-refractivity contribution < 1.29 is 17.9 Å². The van der Waals surface area contributed by atoms with Crippen LogP contribution in [0.5, 0.6) is 0 Å². The molecule has 0 aliphatic carbocycles. The lowest BCUT2D eigenvalue weighted by Gasteiger charge is -2.08. The van der Waals surface area contributed by atoms with Crippen molar-refractivity contribution in [2.24, 2.45) is 4.40 Å². The molecule has 0 amide bonds. The summed E-state index contributed by atoms with van der Waals surface area (Å²) in [5, 5.41) is 3.55. The summed E-state index contributed by atoms with van der Waals surface area (Å²) in [6.07, 6.45) is 0. The van der Waals surface area contributed by atoms with Gasteiger partial charge in [-0.05, 0) is 38.5 Å². The number of nitrogens with one attached hydrogen (secondary N) is 1. The molecule has 0 saturated heterocycles. The van der Waals surface area contributed by atoms with Gasteiger partial charge < -0.3 is 10.1 Å². The van der Waals surface area contributed by atoms with E-state index in [2.05, 4.69) is 9.71 Å². The molecule has 2 heterocycles. The van der Waals surface area contributed by atoms with E-state index in [4.69, 9.17) is 4.74 Å². The van der Waals surface area contributed by atoms with E-state index in [0.717, 1.165) is 10.4 Å². The van der Waals surface area contributed by atoms with Crippen LogP contribution in [0.15, 0.2) is 33.6 Å². The second-order valence-corrected chi connectivity index (χ2v) is 8.04. The molecule has 0 atom stereocenters. The molecular weight excluding hydrogens is 348 g/mol. The van der Waals surface area contributed by atoms with Gasteiger partial charge in [0.05, 0.1) is 12.2 Å². The quantitative estimate of drug-likeness (QED) is 0.846. The topological polar surface area (TPSA) is 84.8 Å². The lowest BCUT2D eigenvalue weighted by Crippen LogP contribution is -2.14. The summed E-state index contributed by atoms with van der Waals surface area (Å²) in [4.78, 5) is 13.3. The Morgan fingerprint density at radius 3 is 2.71 bits per heavy atom. The highest BCUT2D eigenvalue weighted by Crippen LogP contribution is 2.35. The van der Waals surface area contributed by atoms with E-state index < -0.39 is 16.0 Å². The molecule has 0 fully saturated rings. The lowest BCUT2D eigenvalue weighted by atomic mass is 10.1. The summed E-state index contributed by atoms with van der Waals surface area (Å²) in [6.45, 7) is 5.74. The molecule has 1 aromatic carbocycles. The fourth-order valence-electron chi connectivity index (χ4n) is 2.47. The van der Waals surface area contributed by atoms with Crippen molar-refractivity contribution in [3.63, 3.8) is 0 Å². The van der Waals surface area contributed by atoms with E-state index in [9.17, 15) is 13.2 Å². The second-order valence-electron chi connectivity index (χ2n) is 5.24. The summed E-state index contributed by atoms with van der Waals surface area (Å²) < 4.78 is 33.2. The van der Waals surface area contributed by atoms with E-state index in [-0.39, 0.29) is 17.3 Å². The van der Waals surface area contributed by atoms with Crippen LogP contribution < -0.4 is 5.32 Å². The SMILES string of the molecule is CCOC(=O)c1c(NC2=NS(=O)(=O)c3ccccc32)sc(C)c1C. The molecule has 3 rings (SSSR count). The number of anilines is 1. The summed E-state index contributed by atoms with van der Waals surface area (Å²) in [7, 11) is -3.71. The predicted octanol–water partition coefficient (Wildman–Crippen LogP) is 3.10. The van der Waals surface area contributed by atoms with Crippen LogP contribution in [0, 0.1) is 13.8 Å². The highest BCUT2D eigenvalue weighted by Gasteiger charge is 2.30. The smallest absolute Gasteiger partial charge is 0.341 e. The molecule has 0 radical (unpaired) electrons. The molecule has 0 saturated carbocycles. The first-order valence-corrected chi connectivity index (χ1v) is 9.59. The largest absolute Gasteiger partial charge is 0.462 e. The number of nitrogens with zero attached hydrogens (tertiary/aromatic N) is 1. The van der Waals surface area contributed by atoms with Gasteiger partial charge in [-0.3, -0.25) is 0 Å². The number of carbonyl (C=O) groups is 1. The first kappa shape index (κ1) is 16.7. The van der Waals surface area contributed by atoms with Gasteiger partial charge in [0.25, 0.3) is 10.0 Å². The average Bonchev–Trinajstić information content (AvgIpc) is 2.95. The van der Waals surface area contributed by atoms with Crippen LogP contribution >= 0.6 is 11.3 Å². The van der Waals surface area contributed by atoms with Crippen molar-refractivity contribution in [1.29, 1.82) is 0 Å². The number of hydrogen-bond donors (Lipinski definition) is 1. The van der Waals surface area contributed by atoms with Crippen LogP contribution in [-0.2, 0) is 14.8 Å². The van der Waals surface area contributed by atoms with Crippen molar-refractivity contribution in [2.45, 2.75) is 25.7 Å². The molecule has 126 valence electrons. The standard InChI is InChI=1S/C16H16N2O4S2/c1-4-22-16(19)13-9(2)10(3)23-15(13)17-14-11-7-5-6-8-12(11)24(20,21)18-14/h5-8H,4H2,1-3H3,(H,17,18). The summed E-state index contributed by atoms with van der Waals surface area (Å²) in [5.41, 5.74) is 1.73. The Kier molecular flexibility index (Phi) is 4.18. The molecule has 24 heavy (non-hydrogen) atoms. The van der Waals surface area contributed by atoms with Crippen molar-refractivity contribution in [2.75, 3.05) is 11.9 Å². The maximum atomic E-state index is 12.2. The van der Waals surface area contributed by atoms with Crippen molar-refractivity contribution in [1.82, 2.24) is 0 Å². The van der Waals surface area contributed by atoms with Crippen LogP contribution in [0.1, 0.15) is 33.3 Å². The lowest BCUT2D eigenvalue weighted by molar-refractivity contribution is 0.0527. The monoisotopic (exact) mass is 364 g/mol. The zero-order valence-electron chi connectivity index (χ0n) is 13.4. The number of hydrogen-bond acceptors (Lipinski definition) is 6. The average molecular weight is 364 g/mol. The van der Waals surface area contributed by atoms with Gasteiger partial charge in [0, 0.05) is 10.4 Å². The van der Waals surface area contributed by atoms with Gasteiger partial charge in [-0.2, -0.15) is 8.42 Å². The van der Waals surface area contributed by atoms with Crippen LogP contribution in [0.4, 0.5) is 5.00 Å². The Labute approximate surface area is 144 Å². The van der Waals surface area contributed by atoms with Gasteiger partial charge in [0.2, 0.25) is 0 Å². The molecule has 0 spiro atoms. The number of ether oxygens (including phenoxy) is 1. The van der Waals surface area contributed by atoms with Crippen LogP contribution in [0.2, 0.25) is 0 Å². The molecule has 6 nitrogen and oxygen atoms in total. The Morgan fingerprint density at radius 1 is 1.29 bits per heavy atom. The third kappa shape index (κ3) is 2.71. The Balaban J connectivity index is 2.05. The van der Waals surface area contributed by atoms with Gasteiger partial charge in [0.15, 0.2) is 5.84 Å². The highest BCUT2D eigenvalue weighted by molar-refractivity contribution is 7.90. The number of rotatable bonds is 3. The Bertz CT molecular complexity index is 958. The van der Waals surface area contributed by atoms with Crippen molar-refractivity contribution >= 4 is 38.2 Å². The molecule has 1 aliphatic rings. The second kappa shape index (κ2) is 6.03. The van der Waals surface area contributed by atoms with E-state index in [1.165, 1.54) is 17.4 Å². The molecule has 0 bridgehead atoms. The van der Waals surface area contributed by atoms with E-state index in [1.807, 2.05) is 13.8 Å². The Morgan fingerprint density at radius 2 is 2.00 bits per heavy atom. The zero-order chi connectivity index (χ0) is 17.5. The minimum Gasteiger partial charge on any atom is -0.462 e. The molecule has 1 N–H and O–H groups in total. The predicted molar refractivity (Wildman–Crippen MR) is 93.5 cm³/mol. The number of amidine groups is 1. The summed E-state index contributed by atoms with van der Waals surface area (Å²) >= 11 is 1.37. The van der Waals surface area contributed by atoms with E-state index in [1.54, 1.807) is 25.1 Å². The number of sulfonamides is 1. The maximum absolute atomic E-state index is 12.2. The third-order valence-corrected chi connectivity index (χ3v) is 6.19. The fourth-order valence-corrected chi connectivity index (χ4v) is 4.69. The van der Waals surface area contributed by atoms with Crippen molar-refractivity contribution in [3.05, 3.63) is 45.8 Å². The minimum atomic E-state index is -3.71. The highest BCUT2D eigenvalue weighted by atomic mass is 32.2. The van der Waals surface area contributed by atoms with Crippen LogP contribution in [0.3, 0.4) is 0 Å². The first-order valence-electron chi connectivity index (χ1n) is 7.33. The van der Waals surface area contributed by atoms with E-state index >= 15 is 0 Å². The third-order valence-electron chi connectivity index (χ3n) is 3.73. The van der Waals surface area contributed by atoms with Gasteiger partial charge >= 0.3 is 5.97 Å². The van der Waals surface area contributed by atoms with Gasteiger partial charge in [-0.1, -0.05) is 12.1 Å². The molecule has 8 heteroatoms. The molecular formula is C16H16N2O4S2. The van der Waals surface area contributed by atoms with E-state index in [0.29, 0.717) is 16.1 Å². The van der Waals surface area contributed by atoms with Gasteiger partial charge in [-0.25, -0.2) is 4.79 Å². The maximum Gasteiger partial charge on any atom is 0.341 e. The number of fused-ring (bicyclic) bond motifs is 1. The Hall–Kier alpha value is -2.19. The van der Waals surface area contributed by atoms with Gasteiger partial charge in [-0.15, -0.1) is 15.7 Å². The number of carbonyl (C=O) groups excluding carboxylic acids is 1. The van der Waals surface area contributed by atoms with Gasteiger partial charge in [0.1, 0.15) is 9.90 Å². The summed E-state index contributed by atoms with van der Waals surface area (Å²) in [6, 6.07) is 6.59. The first-order chi connectivity index (χ1) is 11.3. The number of thiophene rings is 1. The number of aryl methyl sites for hydroxylation is 1. The fraction of sp³-hybridized carbons (Fsp3) is 0.250. The number of benzene rings is 1. The van der Waals surface area contributed by atoms with Crippen LogP contribution in [-0.4, -0.2) is 26.8 Å². The van der Waals surface area contributed by atoms with Crippen LogP contribution in [0.25, 0.3) is 0 Å². The molecule has 0 unspecified atom stereocenters. The molecule has 1 aromatic heterocycles. The molecule has 2 aromatic rings.